The summed E-state index contributed by atoms with van der Waals surface area (Å²) in [5.41, 5.74) is 1.84. The van der Waals surface area contributed by atoms with E-state index in [0.29, 0.717) is 11.7 Å². The standard InChI is InChI=1S/C17H22N2O2/c1-11(2)15-14-10-12(17(3,4)5)6-7-13(14)16(21)19(18-15)8-9-20/h6-7,9-11H,8H2,1-5H3. The molecule has 2 rings (SSSR count). The van der Waals surface area contributed by atoms with Crippen LogP contribution in [0.25, 0.3) is 10.8 Å². The van der Waals surface area contributed by atoms with Crippen molar-refractivity contribution in [1.29, 1.82) is 0 Å². The predicted octanol–water partition coefficient (Wildman–Crippen LogP) is 3.02. The minimum absolute atomic E-state index is 0.00445. The van der Waals surface area contributed by atoms with Gasteiger partial charge in [-0.2, -0.15) is 5.10 Å². The molecule has 112 valence electrons. The Labute approximate surface area is 124 Å². The molecule has 0 aliphatic heterocycles. The van der Waals surface area contributed by atoms with E-state index >= 15 is 0 Å². The molecule has 21 heavy (non-hydrogen) atoms. The molecular weight excluding hydrogens is 264 g/mol. The third-order valence-corrected chi connectivity index (χ3v) is 3.65. The summed E-state index contributed by atoms with van der Waals surface area (Å²) in [5.74, 6) is 0.182. The van der Waals surface area contributed by atoms with Crippen LogP contribution in [0.3, 0.4) is 0 Å². The quantitative estimate of drug-likeness (QED) is 0.815. The Hall–Kier alpha value is -1.97. The maximum absolute atomic E-state index is 12.4. The van der Waals surface area contributed by atoms with Crippen molar-refractivity contribution in [1.82, 2.24) is 9.78 Å². The van der Waals surface area contributed by atoms with Gasteiger partial charge in [-0.3, -0.25) is 4.79 Å². The number of fused-ring (bicyclic) bond motifs is 1. The molecule has 1 aromatic heterocycles. The first kappa shape index (κ1) is 15.4. The van der Waals surface area contributed by atoms with Gasteiger partial charge in [0.05, 0.1) is 11.1 Å². The average molecular weight is 286 g/mol. The molecule has 1 heterocycles. The zero-order valence-corrected chi connectivity index (χ0v) is 13.3. The Bertz CT molecular complexity index is 737. The van der Waals surface area contributed by atoms with Gasteiger partial charge >= 0.3 is 0 Å². The van der Waals surface area contributed by atoms with Gasteiger partial charge < -0.3 is 4.79 Å². The van der Waals surface area contributed by atoms with Crippen molar-refractivity contribution in [3.8, 4) is 0 Å². The summed E-state index contributed by atoms with van der Waals surface area (Å²) in [6.07, 6.45) is 0.702. The number of carbonyl (C=O) groups is 1. The van der Waals surface area contributed by atoms with E-state index in [4.69, 9.17) is 0 Å². The molecule has 0 atom stereocenters. The number of hydrogen-bond donors (Lipinski definition) is 0. The molecule has 0 saturated heterocycles. The SMILES string of the molecule is CC(C)c1nn(CC=O)c(=O)c2ccc(C(C)(C)C)cc12. The van der Waals surface area contributed by atoms with Crippen LogP contribution < -0.4 is 5.56 Å². The summed E-state index contributed by atoms with van der Waals surface area (Å²) in [5, 5.41) is 5.91. The van der Waals surface area contributed by atoms with E-state index in [1.54, 1.807) is 0 Å². The Morgan fingerprint density at radius 1 is 1.24 bits per heavy atom. The van der Waals surface area contributed by atoms with Crippen molar-refractivity contribution in [3.05, 3.63) is 39.8 Å². The van der Waals surface area contributed by atoms with Gasteiger partial charge in [-0.1, -0.05) is 40.7 Å². The molecule has 0 fully saturated rings. The first-order chi connectivity index (χ1) is 9.75. The molecule has 1 aromatic carbocycles. The third kappa shape index (κ3) is 2.89. The van der Waals surface area contributed by atoms with Gasteiger partial charge in [0.25, 0.3) is 5.56 Å². The second-order valence-corrected chi connectivity index (χ2v) is 6.70. The van der Waals surface area contributed by atoms with E-state index in [1.807, 2.05) is 26.0 Å². The van der Waals surface area contributed by atoms with E-state index in [1.165, 1.54) is 10.2 Å². The van der Waals surface area contributed by atoms with Crippen LogP contribution in [0.5, 0.6) is 0 Å². The molecule has 4 heteroatoms. The highest BCUT2D eigenvalue weighted by Gasteiger charge is 2.18. The predicted molar refractivity (Wildman–Crippen MR) is 84.9 cm³/mol. The number of hydrogen-bond acceptors (Lipinski definition) is 3. The lowest BCUT2D eigenvalue weighted by Gasteiger charge is -2.20. The highest BCUT2D eigenvalue weighted by Crippen LogP contribution is 2.28. The third-order valence-electron chi connectivity index (χ3n) is 3.65. The molecule has 0 saturated carbocycles. The van der Waals surface area contributed by atoms with E-state index < -0.39 is 0 Å². The summed E-state index contributed by atoms with van der Waals surface area (Å²) in [6.45, 7) is 10.5. The molecule has 4 nitrogen and oxygen atoms in total. The van der Waals surface area contributed by atoms with Gasteiger partial charge in [-0.15, -0.1) is 0 Å². The number of carbonyl (C=O) groups excluding carboxylic acids is 1. The summed E-state index contributed by atoms with van der Waals surface area (Å²) in [7, 11) is 0. The van der Waals surface area contributed by atoms with Gasteiger partial charge in [0.2, 0.25) is 0 Å². The van der Waals surface area contributed by atoms with Crippen molar-refractivity contribution in [2.75, 3.05) is 0 Å². The maximum Gasteiger partial charge on any atom is 0.275 e. The molecule has 2 aromatic rings. The average Bonchev–Trinajstić information content (AvgIpc) is 2.40. The van der Waals surface area contributed by atoms with Gasteiger partial charge in [0, 0.05) is 5.39 Å². The number of nitrogens with zero attached hydrogens (tertiary/aromatic N) is 2. The monoisotopic (exact) mass is 286 g/mol. The highest BCUT2D eigenvalue weighted by atomic mass is 16.1. The van der Waals surface area contributed by atoms with Crippen LogP contribution in [0.4, 0.5) is 0 Å². The second-order valence-electron chi connectivity index (χ2n) is 6.70. The highest BCUT2D eigenvalue weighted by molar-refractivity contribution is 5.85. The summed E-state index contributed by atoms with van der Waals surface area (Å²) >= 11 is 0. The van der Waals surface area contributed by atoms with Crippen molar-refractivity contribution in [2.24, 2.45) is 0 Å². The van der Waals surface area contributed by atoms with Gasteiger partial charge in [0.1, 0.15) is 12.8 Å². The smallest absolute Gasteiger partial charge is 0.275 e. The zero-order valence-electron chi connectivity index (χ0n) is 13.3. The Balaban J connectivity index is 2.84. The van der Waals surface area contributed by atoms with Crippen LogP contribution in [0, 0.1) is 0 Å². The number of benzene rings is 1. The lowest BCUT2D eigenvalue weighted by molar-refractivity contribution is -0.108. The van der Waals surface area contributed by atoms with Crippen molar-refractivity contribution in [2.45, 2.75) is 52.5 Å². The first-order valence-corrected chi connectivity index (χ1v) is 7.24. The molecule has 0 bridgehead atoms. The fourth-order valence-corrected chi connectivity index (χ4v) is 2.40. The van der Waals surface area contributed by atoms with E-state index in [9.17, 15) is 9.59 Å². The second kappa shape index (κ2) is 5.43. The van der Waals surface area contributed by atoms with E-state index in [0.717, 1.165) is 11.1 Å². The van der Waals surface area contributed by atoms with Crippen LogP contribution in [0.15, 0.2) is 23.0 Å². The van der Waals surface area contributed by atoms with Gasteiger partial charge in [0.15, 0.2) is 0 Å². The molecule has 0 radical (unpaired) electrons. The number of aldehydes is 1. The van der Waals surface area contributed by atoms with Crippen molar-refractivity contribution < 1.29 is 4.79 Å². The molecule has 0 aliphatic rings. The lowest BCUT2D eigenvalue weighted by atomic mass is 9.85. The topological polar surface area (TPSA) is 52.0 Å². The van der Waals surface area contributed by atoms with Crippen LogP contribution in [-0.2, 0) is 16.8 Å². The zero-order chi connectivity index (χ0) is 15.8. The summed E-state index contributed by atoms with van der Waals surface area (Å²) in [6, 6.07) is 5.90. The van der Waals surface area contributed by atoms with Crippen LogP contribution >= 0.6 is 0 Å². The van der Waals surface area contributed by atoms with Crippen LogP contribution in [0.1, 0.15) is 51.8 Å². The summed E-state index contributed by atoms with van der Waals surface area (Å²) in [4.78, 5) is 23.1. The number of rotatable bonds is 3. The molecular formula is C17H22N2O2. The summed E-state index contributed by atoms with van der Waals surface area (Å²) < 4.78 is 1.25. The molecule has 0 spiro atoms. The van der Waals surface area contributed by atoms with Crippen molar-refractivity contribution >= 4 is 17.1 Å². The molecule has 0 unspecified atom stereocenters. The Morgan fingerprint density at radius 3 is 2.43 bits per heavy atom. The van der Waals surface area contributed by atoms with E-state index in [2.05, 4.69) is 31.9 Å². The van der Waals surface area contributed by atoms with E-state index in [-0.39, 0.29) is 23.4 Å². The number of aromatic nitrogens is 2. The first-order valence-electron chi connectivity index (χ1n) is 7.24. The largest absolute Gasteiger partial charge is 0.301 e. The van der Waals surface area contributed by atoms with Gasteiger partial charge in [-0.25, -0.2) is 4.68 Å². The van der Waals surface area contributed by atoms with Crippen molar-refractivity contribution in [3.63, 3.8) is 0 Å². The lowest BCUT2D eigenvalue weighted by Crippen LogP contribution is -2.26. The fraction of sp³-hybridized carbons (Fsp3) is 0.471. The molecule has 0 aliphatic carbocycles. The Morgan fingerprint density at radius 2 is 1.90 bits per heavy atom. The Kier molecular flexibility index (Phi) is 3.99. The fourth-order valence-electron chi connectivity index (χ4n) is 2.40. The maximum atomic E-state index is 12.4. The van der Waals surface area contributed by atoms with Gasteiger partial charge in [-0.05, 0) is 29.0 Å². The van der Waals surface area contributed by atoms with Crippen LogP contribution in [-0.4, -0.2) is 16.1 Å². The minimum atomic E-state index is -0.207. The van der Waals surface area contributed by atoms with Crippen LogP contribution in [0.2, 0.25) is 0 Å². The minimum Gasteiger partial charge on any atom is -0.301 e. The normalized spacial score (nSPS) is 12.1. The molecule has 0 N–H and O–H groups in total. The molecule has 0 amide bonds.